The molecule has 0 saturated heterocycles. The lowest BCUT2D eigenvalue weighted by Crippen LogP contribution is -2.48. The van der Waals surface area contributed by atoms with Crippen molar-refractivity contribution in [3.8, 4) is 11.5 Å². The number of nitrogens with zero attached hydrogens (tertiary/aromatic N) is 2. The molecule has 218 valence electrons. The molecule has 0 bridgehead atoms. The summed E-state index contributed by atoms with van der Waals surface area (Å²) >= 11 is 0. The first-order valence-electron chi connectivity index (χ1n) is 15.2. The van der Waals surface area contributed by atoms with Crippen LogP contribution in [0.2, 0.25) is 0 Å². The van der Waals surface area contributed by atoms with E-state index in [1.165, 1.54) is 9.80 Å². The summed E-state index contributed by atoms with van der Waals surface area (Å²) in [6.07, 6.45) is 7.32. The second-order valence-corrected chi connectivity index (χ2v) is 12.5. The molecule has 41 heavy (non-hydrogen) atoms. The van der Waals surface area contributed by atoms with E-state index in [0.29, 0.717) is 57.9 Å². The lowest BCUT2D eigenvalue weighted by molar-refractivity contribution is 0.0426. The van der Waals surface area contributed by atoms with Crippen LogP contribution >= 0.6 is 0 Å². The predicted octanol–water partition coefficient (Wildman–Crippen LogP) is 7.63. The standard InChI is InChI=1S/C34H42N2O5/c1-7-33(5,8-2)21-11-13-22(14-12-21)35-29(37)25-17-15-23(19-27(25)30(35)38)41-24-16-18-26-28(20-24)32(40)36(31(26)39)34(6,9-3)10-4/h15-22H,7-14H2,1-6H3. The van der Waals surface area contributed by atoms with Crippen LogP contribution in [0.3, 0.4) is 0 Å². The Bertz CT molecular complexity index is 1400. The number of ether oxygens (including phenoxy) is 1. The zero-order valence-corrected chi connectivity index (χ0v) is 25.2. The first kappa shape index (κ1) is 29.0. The Morgan fingerprint density at radius 3 is 1.63 bits per heavy atom. The molecular weight excluding hydrogens is 516 g/mol. The van der Waals surface area contributed by atoms with Crippen LogP contribution in [0.15, 0.2) is 36.4 Å². The van der Waals surface area contributed by atoms with Crippen LogP contribution in [-0.4, -0.2) is 45.0 Å². The molecule has 2 aromatic rings. The van der Waals surface area contributed by atoms with Crippen LogP contribution in [0.1, 0.15) is 134 Å². The largest absolute Gasteiger partial charge is 0.457 e. The van der Waals surface area contributed by atoms with E-state index in [1.54, 1.807) is 36.4 Å². The van der Waals surface area contributed by atoms with Crippen molar-refractivity contribution in [3.63, 3.8) is 0 Å². The molecule has 0 radical (unpaired) electrons. The molecule has 0 aromatic heterocycles. The van der Waals surface area contributed by atoms with Crippen LogP contribution in [0.4, 0.5) is 0 Å². The highest BCUT2D eigenvalue weighted by molar-refractivity contribution is 6.22. The fourth-order valence-electron chi connectivity index (χ4n) is 6.97. The summed E-state index contributed by atoms with van der Waals surface area (Å²) < 4.78 is 6.06. The summed E-state index contributed by atoms with van der Waals surface area (Å²) in [4.78, 5) is 56.0. The molecular formula is C34H42N2O5. The van der Waals surface area contributed by atoms with Gasteiger partial charge in [0.2, 0.25) is 0 Å². The summed E-state index contributed by atoms with van der Waals surface area (Å²) in [5, 5.41) is 0. The van der Waals surface area contributed by atoms with Gasteiger partial charge >= 0.3 is 0 Å². The number of rotatable bonds is 9. The Kier molecular flexibility index (Phi) is 7.60. The smallest absolute Gasteiger partial charge is 0.262 e. The van der Waals surface area contributed by atoms with E-state index in [0.717, 1.165) is 38.5 Å². The van der Waals surface area contributed by atoms with Crippen molar-refractivity contribution < 1.29 is 23.9 Å². The van der Waals surface area contributed by atoms with Gasteiger partial charge in [0.1, 0.15) is 11.5 Å². The molecule has 0 atom stereocenters. The van der Waals surface area contributed by atoms with Crippen molar-refractivity contribution in [3.05, 3.63) is 58.7 Å². The van der Waals surface area contributed by atoms with Crippen molar-refractivity contribution in [2.24, 2.45) is 11.3 Å². The number of benzene rings is 2. The van der Waals surface area contributed by atoms with Gasteiger partial charge in [-0.05, 0) is 93.2 Å². The highest BCUT2D eigenvalue weighted by Crippen LogP contribution is 2.45. The average molecular weight is 559 g/mol. The molecule has 2 aliphatic heterocycles. The monoisotopic (exact) mass is 558 g/mol. The van der Waals surface area contributed by atoms with Crippen molar-refractivity contribution in [1.29, 1.82) is 0 Å². The van der Waals surface area contributed by atoms with E-state index in [9.17, 15) is 19.2 Å². The van der Waals surface area contributed by atoms with Gasteiger partial charge in [0, 0.05) is 11.6 Å². The third kappa shape index (κ3) is 4.67. The second-order valence-electron chi connectivity index (χ2n) is 12.5. The number of carbonyl (C=O) groups is 4. The molecule has 1 saturated carbocycles. The Morgan fingerprint density at radius 2 is 1.12 bits per heavy atom. The van der Waals surface area contributed by atoms with Crippen molar-refractivity contribution in [1.82, 2.24) is 9.80 Å². The molecule has 7 nitrogen and oxygen atoms in total. The molecule has 7 heteroatoms. The quantitative estimate of drug-likeness (QED) is 0.295. The number of imide groups is 2. The zero-order valence-electron chi connectivity index (χ0n) is 25.2. The van der Waals surface area contributed by atoms with Gasteiger partial charge in [-0.15, -0.1) is 0 Å². The summed E-state index contributed by atoms with van der Waals surface area (Å²) in [5.41, 5.74) is 1.18. The number of amides is 4. The Labute approximate surface area is 243 Å². The normalized spacial score (nSPS) is 21.0. The highest BCUT2D eigenvalue weighted by atomic mass is 16.5. The third-order valence-corrected chi connectivity index (χ3v) is 10.7. The van der Waals surface area contributed by atoms with Gasteiger partial charge in [-0.1, -0.05) is 47.5 Å². The van der Waals surface area contributed by atoms with Crippen molar-refractivity contribution in [2.75, 3.05) is 0 Å². The van der Waals surface area contributed by atoms with Crippen LogP contribution < -0.4 is 4.74 Å². The van der Waals surface area contributed by atoms with Crippen molar-refractivity contribution in [2.45, 2.75) is 104 Å². The molecule has 1 aliphatic carbocycles. The summed E-state index contributed by atoms with van der Waals surface area (Å²) in [7, 11) is 0. The van der Waals surface area contributed by atoms with Gasteiger partial charge < -0.3 is 4.74 Å². The van der Waals surface area contributed by atoms with Gasteiger partial charge in [-0.25, -0.2) is 0 Å². The summed E-state index contributed by atoms with van der Waals surface area (Å²) in [6, 6.07) is 9.74. The Balaban J connectivity index is 1.32. The Hall–Kier alpha value is -3.48. The number of hydrogen-bond acceptors (Lipinski definition) is 5. The van der Waals surface area contributed by atoms with Gasteiger partial charge in [-0.3, -0.25) is 29.0 Å². The minimum Gasteiger partial charge on any atom is -0.457 e. The molecule has 2 aromatic carbocycles. The highest BCUT2D eigenvalue weighted by Gasteiger charge is 2.45. The first-order chi connectivity index (χ1) is 19.5. The second kappa shape index (κ2) is 10.7. The minimum absolute atomic E-state index is 0.0823. The summed E-state index contributed by atoms with van der Waals surface area (Å²) in [5.74, 6) is 0.304. The van der Waals surface area contributed by atoms with E-state index in [-0.39, 0.29) is 29.7 Å². The molecule has 5 rings (SSSR count). The lowest BCUT2D eigenvalue weighted by Gasteiger charge is -2.42. The van der Waals surface area contributed by atoms with E-state index in [2.05, 4.69) is 20.8 Å². The minimum atomic E-state index is -0.558. The zero-order chi connectivity index (χ0) is 29.7. The van der Waals surface area contributed by atoms with E-state index in [4.69, 9.17) is 4.74 Å². The average Bonchev–Trinajstić information content (AvgIpc) is 3.40. The molecule has 0 spiro atoms. The molecule has 2 heterocycles. The number of fused-ring (bicyclic) bond motifs is 2. The molecule has 0 unspecified atom stereocenters. The molecule has 1 fully saturated rings. The van der Waals surface area contributed by atoms with Crippen LogP contribution in [0, 0.1) is 11.3 Å². The van der Waals surface area contributed by atoms with E-state index in [1.807, 2.05) is 20.8 Å². The SMILES string of the molecule is CCC(C)(CC)C1CCC(N2C(=O)c3ccc(Oc4ccc5c(c4)C(=O)N(C(C)(CC)CC)C5=O)cc3C2=O)CC1. The van der Waals surface area contributed by atoms with Crippen LogP contribution in [0.25, 0.3) is 0 Å². The van der Waals surface area contributed by atoms with E-state index < -0.39 is 5.54 Å². The maximum atomic E-state index is 13.5. The third-order valence-electron chi connectivity index (χ3n) is 10.7. The van der Waals surface area contributed by atoms with Crippen molar-refractivity contribution >= 4 is 23.6 Å². The topological polar surface area (TPSA) is 84.0 Å². The van der Waals surface area contributed by atoms with Gasteiger partial charge in [-0.2, -0.15) is 0 Å². The molecule has 4 amide bonds. The maximum absolute atomic E-state index is 13.5. The predicted molar refractivity (Wildman–Crippen MR) is 157 cm³/mol. The van der Waals surface area contributed by atoms with Gasteiger partial charge in [0.25, 0.3) is 23.6 Å². The van der Waals surface area contributed by atoms with E-state index >= 15 is 0 Å². The molecule has 0 N–H and O–H groups in total. The Morgan fingerprint density at radius 1 is 0.659 bits per heavy atom. The first-order valence-corrected chi connectivity index (χ1v) is 15.2. The maximum Gasteiger partial charge on any atom is 0.262 e. The fraction of sp³-hybridized carbons (Fsp3) is 0.529. The number of carbonyl (C=O) groups excluding carboxylic acids is 4. The van der Waals surface area contributed by atoms with Crippen LogP contribution in [0.5, 0.6) is 11.5 Å². The molecule has 3 aliphatic rings. The fourth-order valence-corrected chi connectivity index (χ4v) is 6.97. The van der Waals surface area contributed by atoms with Crippen LogP contribution in [-0.2, 0) is 0 Å². The number of hydrogen-bond donors (Lipinski definition) is 0. The van der Waals surface area contributed by atoms with Gasteiger partial charge in [0.05, 0.1) is 22.3 Å². The van der Waals surface area contributed by atoms with Gasteiger partial charge in [0.15, 0.2) is 0 Å². The summed E-state index contributed by atoms with van der Waals surface area (Å²) in [6.45, 7) is 12.7. The lowest BCUT2D eigenvalue weighted by atomic mass is 9.66.